The monoisotopic (exact) mass is 381 g/mol. The van der Waals surface area contributed by atoms with Crippen molar-refractivity contribution >= 4 is 22.9 Å². The average Bonchev–Trinajstić information content (AvgIpc) is 2.67. The van der Waals surface area contributed by atoms with Crippen LogP contribution in [0.2, 0.25) is 0 Å². The molecule has 1 N–H and O–H groups in total. The molecule has 3 rings (SSSR count). The van der Waals surface area contributed by atoms with Crippen molar-refractivity contribution in [3.63, 3.8) is 0 Å². The molecule has 8 nitrogen and oxygen atoms in total. The molecule has 0 radical (unpaired) electrons. The number of methoxy groups -OCH3 is 1. The highest BCUT2D eigenvalue weighted by molar-refractivity contribution is 6.06. The Morgan fingerprint density at radius 1 is 1.21 bits per heavy atom. The molecule has 2 aromatic rings. The molecule has 8 heteroatoms. The minimum atomic E-state index is -1.05. The average molecular weight is 381 g/mol. The molecule has 1 aromatic heterocycles. The number of aliphatic carboxylic acids is 1. The molecule has 144 valence electrons. The van der Waals surface area contributed by atoms with E-state index in [4.69, 9.17) is 4.74 Å². The summed E-state index contributed by atoms with van der Waals surface area (Å²) in [6.07, 6.45) is 0. The highest BCUT2D eigenvalue weighted by Gasteiger charge is 2.39. The molecule has 0 aliphatic carbocycles. The van der Waals surface area contributed by atoms with E-state index in [2.05, 4.69) is 9.98 Å². The first kappa shape index (κ1) is 19.2. The zero-order valence-electron chi connectivity index (χ0n) is 15.6. The van der Waals surface area contributed by atoms with Crippen LogP contribution in [0, 0.1) is 16.0 Å². The topological polar surface area (TPSA) is 115 Å². The van der Waals surface area contributed by atoms with Crippen LogP contribution in [0.5, 0.6) is 5.88 Å². The van der Waals surface area contributed by atoms with Gasteiger partial charge in [0.25, 0.3) is 5.69 Å². The van der Waals surface area contributed by atoms with Crippen molar-refractivity contribution in [2.75, 3.05) is 7.11 Å². The first-order valence-electron chi connectivity index (χ1n) is 8.58. The molecular weight excluding hydrogens is 362 g/mol. The van der Waals surface area contributed by atoms with Crippen LogP contribution in [0.25, 0.3) is 5.57 Å². The number of ether oxygens (including phenoxy) is 1. The summed E-state index contributed by atoms with van der Waals surface area (Å²) >= 11 is 0. The Kier molecular flexibility index (Phi) is 5.21. The number of allylic oxidation sites excluding steroid dienone is 2. The number of aromatic nitrogens is 1. The number of hydrogen-bond donors (Lipinski definition) is 1. The van der Waals surface area contributed by atoms with E-state index < -0.39 is 22.7 Å². The van der Waals surface area contributed by atoms with Gasteiger partial charge in [-0.05, 0) is 25.5 Å². The Labute approximate surface area is 161 Å². The lowest BCUT2D eigenvalue weighted by molar-refractivity contribution is -0.384. The summed E-state index contributed by atoms with van der Waals surface area (Å²) in [5, 5.41) is 21.1. The normalized spacial score (nSPS) is 19.2. The third-order valence-electron chi connectivity index (χ3n) is 4.74. The van der Waals surface area contributed by atoms with Gasteiger partial charge in [-0.15, -0.1) is 0 Å². The number of pyridine rings is 1. The third kappa shape index (κ3) is 3.48. The molecule has 2 heterocycles. The number of non-ortho nitro benzene ring substituents is 1. The predicted molar refractivity (Wildman–Crippen MR) is 103 cm³/mol. The largest absolute Gasteiger partial charge is 0.481 e. The quantitative estimate of drug-likeness (QED) is 0.624. The summed E-state index contributed by atoms with van der Waals surface area (Å²) in [6.45, 7) is 3.44. The molecule has 1 aromatic carbocycles. The Morgan fingerprint density at radius 2 is 1.93 bits per heavy atom. The second kappa shape index (κ2) is 7.59. The van der Waals surface area contributed by atoms with E-state index in [1.54, 1.807) is 44.2 Å². The number of benzene rings is 1. The van der Waals surface area contributed by atoms with Crippen LogP contribution in [0.15, 0.2) is 53.2 Å². The maximum atomic E-state index is 12.1. The lowest BCUT2D eigenvalue weighted by atomic mass is 9.74. The number of carboxylic acid groups (broad SMARTS) is 1. The summed E-state index contributed by atoms with van der Waals surface area (Å²) in [5.74, 6) is -2.30. The van der Waals surface area contributed by atoms with Crippen LogP contribution < -0.4 is 4.74 Å². The van der Waals surface area contributed by atoms with Crippen LogP contribution >= 0.6 is 0 Å². The highest BCUT2D eigenvalue weighted by Crippen LogP contribution is 2.44. The molecule has 0 saturated heterocycles. The van der Waals surface area contributed by atoms with Crippen molar-refractivity contribution in [2.45, 2.75) is 19.8 Å². The Hall–Kier alpha value is -3.55. The van der Waals surface area contributed by atoms with Crippen molar-refractivity contribution < 1.29 is 19.6 Å². The van der Waals surface area contributed by atoms with E-state index in [0.29, 0.717) is 34.1 Å². The van der Waals surface area contributed by atoms with E-state index in [1.165, 1.54) is 19.2 Å². The number of nitro groups is 1. The number of carbonyl (C=O) groups is 1. The number of aliphatic imine (C=N–C) groups is 1. The summed E-state index contributed by atoms with van der Waals surface area (Å²) < 4.78 is 5.19. The maximum absolute atomic E-state index is 12.1. The van der Waals surface area contributed by atoms with Gasteiger partial charge in [-0.3, -0.25) is 19.9 Å². The van der Waals surface area contributed by atoms with E-state index in [9.17, 15) is 20.0 Å². The zero-order chi connectivity index (χ0) is 20.4. The van der Waals surface area contributed by atoms with Gasteiger partial charge < -0.3 is 9.84 Å². The summed E-state index contributed by atoms with van der Waals surface area (Å²) in [6, 6.07) is 11.2. The number of nitro benzene ring substituents is 1. The Bertz CT molecular complexity index is 1010. The van der Waals surface area contributed by atoms with Gasteiger partial charge in [0.15, 0.2) is 0 Å². The molecule has 1 aliphatic rings. The van der Waals surface area contributed by atoms with Gasteiger partial charge >= 0.3 is 5.97 Å². The Balaban J connectivity index is 2.26. The lowest BCUT2D eigenvalue weighted by Gasteiger charge is -2.31. The number of rotatable bonds is 5. The fourth-order valence-corrected chi connectivity index (χ4v) is 3.56. The molecule has 1 aliphatic heterocycles. The molecule has 2 atom stereocenters. The minimum absolute atomic E-state index is 0.0996. The zero-order valence-corrected chi connectivity index (χ0v) is 15.6. The second-order valence-electron chi connectivity index (χ2n) is 6.46. The van der Waals surface area contributed by atoms with Gasteiger partial charge in [0.2, 0.25) is 5.88 Å². The predicted octanol–water partition coefficient (Wildman–Crippen LogP) is 3.69. The molecule has 0 spiro atoms. The smallest absolute Gasteiger partial charge is 0.313 e. The first-order chi connectivity index (χ1) is 13.3. The number of nitrogens with zero attached hydrogens (tertiary/aromatic N) is 3. The molecule has 0 amide bonds. The number of carboxylic acids is 1. The van der Waals surface area contributed by atoms with E-state index in [0.717, 1.165) is 0 Å². The molecule has 0 saturated carbocycles. The number of hydrogen-bond acceptors (Lipinski definition) is 6. The lowest BCUT2D eigenvalue weighted by Crippen LogP contribution is -2.32. The second-order valence-corrected chi connectivity index (χ2v) is 6.46. The van der Waals surface area contributed by atoms with Gasteiger partial charge in [0, 0.05) is 41.1 Å². The van der Waals surface area contributed by atoms with Crippen LogP contribution in [0.3, 0.4) is 0 Å². The third-order valence-corrected chi connectivity index (χ3v) is 4.74. The first-order valence-corrected chi connectivity index (χ1v) is 8.58. The fourth-order valence-electron chi connectivity index (χ4n) is 3.56. The summed E-state index contributed by atoms with van der Waals surface area (Å²) in [7, 11) is 1.49. The maximum Gasteiger partial charge on any atom is 0.313 e. The summed E-state index contributed by atoms with van der Waals surface area (Å²) in [5.41, 5.74) is 2.61. The van der Waals surface area contributed by atoms with E-state index >= 15 is 0 Å². The van der Waals surface area contributed by atoms with Crippen LogP contribution in [-0.2, 0) is 4.79 Å². The van der Waals surface area contributed by atoms with Gasteiger partial charge in [0.05, 0.1) is 17.7 Å². The minimum Gasteiger partial charge on any atom is -0.481 e. The van der Waals surface area contributed by atoms with E-state index in [1.807, 2.05) is 0 Å². The van der Waals surface area contributed by atoms with Crippen molar-refractivity contribution in [3.8, 4) is 5.88 Å². The van der Waals surface area contributed by atoms with Gasteiger partial charge in [-0.1, -0.05) is 18.2 Å². The van der Waals surface area contributed by atoms with Crippen LogP contribution in [0.4, 0.5) is 5.69 Å². The van der Waals surface area contributed by atoms with Crippen LogP contribution in [0.1, 0.15) is 31.0 Å². The van der Waals surface area contributed by atoms with Crippen molar-refractivity contribution in [3.05, 3.63) is 69.5 Å². The van der Waals surface area contributed by atoms with Gasteiger partial charge in [-0.25, -0.2) is 4.98 Å². The SMILES string of the molecule is COc1cccc(C2=C(C)N=C(C)C(C(=O)O)C2c2cccc([N+](=O)[O-])c2)n1. The van der Waals surface area contributed by atoms with Gasteiger partial charge in [0.1, 0.15) is 5.92 Å². The van der Waals surface area contributed by atoms with Crippen molar-refractivity contribution in [1.29, 1.82) is 0 Å². The Morgan fingerprint density at radius 3 is 2.57 bits per heavy atom. The molecule has 2 unspecified atom stereocenters. The molecular formula is C20H19N3O5. The van der Waals surface area contributed by atoms with Gasteiger partial charge in [-0.2, -0.15) is 0 Å². The molecule has 28 heavy (non-hydrogen) atoms. The van der Waals surface area contributed by atoms with Crippen LogP contribution in [-0.4, -0.2) is 33.8 Å². The van der Waals surface area contributed by atoms with E-state index in [-0.39, 0.29) is 5.69 Å². The summed E-state index contributed by atoms with van der Waals surface area (Å²) in [4.78, 5) is 31.7. The standard InChI is InChI=1S/C20H19N3O5/c1-11-17(15-8-5-9-16(22-15)28-3)19(18(20(24)25)12(2)21-11)13-6-4-7-14(10-13)23(26)27/h4-10,18-19H,1-3H3,(H,24,25). The van der Waals surface area contributed by atoms with Crippen molar-refractivity contribution in [2.24, 2.45) is 10.9 Å². The molecule has 0 bridgehead atoms. The fraction of sp³-hybridized carbons (Fsp3) is 0.250. The van der Waals surface area contributed by atoms with Crippen molar-refractivity contribution in [1.82, 2.24) is 4.98 Å². The molecule has 0 fully saturated rings. The highest BCUT2D eigenvalue weighted by atomic mass is 16.6.